The molecule has 1 amide bonds. The Hall–Kier alpha value is -1.56. The van der Waals surface area contributed by atoms with E-state index in [1.807, 2.05) is 0 Å². The predicted octanol–water partition coefficient (Wildman–Crippen LogP) is 0.0126. The first-order valence-electron chi connectivity index (χ1n) is 4.47. The summed E-state index contributed by atoms with van der Waals surface area (Å²) in [5.41, 5.74) is 5.43. The average Bonchev–Trinajstić information content (AvgIpc) is 2.49. The molecule has 2 heterocycles. The maximum absolute atomic E-state index is 10.9. The molecule has 1 aromatic rings. The normalized spacial score (nSPS) is 20.1. The Morgan fingerprint density at radius 1 is 1.60 bits per heavy atom. The van der Waals surface area contributed by atoms with Crippen molar-refractivity contribution in [3.8, 4) is 0 Å². The molecule has 0 bridgehead atoms. The van der Waals surface area contributed by atoms with Crippen LogP contribution < -0.4 is 16.4 Å². The number of carbonyl (C=O) groups is 1. The van der Waals surface area contributed by atoms with E-state index < -0.39 is 0 Å². The molecule has 1 aromatic heterocycles. The number of hydrogen-bond acceptors (Lipinski definition) is 5. The van der Waals surface area contributed by atoms with Gasteiger partial charge in [0.2, 0.25) is 11.9 Å². The zero-order chi connectivity index (χ0) is 10.8. The van der Waals surface area contributed by atoms with Crippen LogP contribution in [0.1, 0.15) is 6.42 Å². The number of nitrogens with one attached hydrogen (secondary N) is 2. The number of aromatic nitrogens is 2. The van der Waals surface area contributed by atoms with Crippen LogP contribution in [0.25, 0.3) is 0 Å². The van der Waals surface area contributed by atoms with Crippen LogP contribution in [-0.2, 0) is 4.79 Å². The molecule has 1 aliphatic rings. The molecule has 0 aromatic carbocycles. The van der Waals surface area contributed by atoms with Crippen LogP contribution in [0.2, 0.25) is 5.15 Å². The number of halogens is 1. The Morgan fingerprint density at radius 3 is 3.00 bits per heavy atom. The van der Waals surface area contributed by atoms with Crippen molar-refractivity contribution in [3.05, 3.63) is 11.2 Å². The Bertz CT molecular complexity index is 376. The summed E-state index contributed by atoms with van der Waals surface area (Å²) in [5.74, 6) is 0.678. The molecule has 1 unspecified atom stereocenters. The van der Waals surface area contributed by atoms with Gasteiger partial charge in [0.1, 0.15) is 11.0 Å². The van der Waals surface area contributed by atoms with Gasteiger partial charge in [-0.3, -0.25) is 4.79 Å². The Labute approximate surface area is 91.2 Å². The minimum absolute atomic E-state index is 0.0284. The Balaban J connectivity index is 2.07. The molecule has 1 aliphatic heterocycles. The number of amides is 1. The summed E-state index contributed by atoms with van der Waals surface area (Å²) >= 11 is 5.71. The van der Waals surface area contributed by atoms with Crippen LogP contribution in [0.4, 0.5) is 11.8 Å². The molecule has 7 heteroatoms. The average molecular weight is 228 g/mol. The molecule has 2 rings (SSSR count). The lowest BCUT2D eigenvalue weighted by Gasteiger charge is -2.10. The summed E-state index contributed by atoms with van der Waals surface area (Å²) in [6.45, 7) is 0.584. The first kappa shape index (κ1) is 9.97. The van der Waals surface area contributed by atoms with Gasteiger partial charge in [0, 0.05) is 19.0 Å². The van der Waals surface area contributed by atoms with Gasteiger partial charge in [0.05, 0.1) is 6.04 Å². The summed E-state index contributed by atoms with van der Waals surface area (Å²) in [6, 6.07) is 1.60. The van der Waals surface area contributed by atoms with Crippen molar-refractivity contribution in [3.63, 3.8) is 0 Å². The van der Waals surface area contributed by atoms with E-state index in [4.69, 9.17) is 17.3 Å². The number of hydrogen-bond donors (Lipinski definition) is 3. The monoisotopic (exact) mass is 227 g/mol. The molecule has 4 N–H and O–H groups in total. The highest BCUT2D eigenvalue weighted by Crippen LogP contribution is 2.15. The van der Waals surface area contributed by atoms with Crippen molar-refractivity contribution in [2.45, 2.75) is 12.5 Å². The molecule has 0 spiro atoms. The SMILES string of the molecule is Nc1nc(Cl)cc(NC2CNC(=O)C2)n1. The molecule has 0 radical (unpaired) electrons. The van der Waals surface area contributed by atoms with E-state index >= 15 is 0 Å². The summed E-state index contributed by atoms with van der Waals surface area (Å²) in [5, 5.41) is 6.04. The van der Waals surface area contributed by atoms with Gasteiger partial charge in [0.15, 0.2) is 0 Å². The number of nitrogens with two attached hydrogens (primary N) is 1. The molecular weight excluding hydrogens is 218 g/mol. The van der Waals surface area contributed by atoms with Crippen LogP contribution in [-0.4, -0.2) is 28.5 Å². The topological polar surface area (TPSA) is 92.9 Å². The number of nitrogens with zero attached hydrogens (tertiary/aromatic N) is 2. The molecule has 0 saturated carbocycles. The molecule has 1 fully saturated rings. The number of anilines is 2. The predicted molar refractivity (Wildman–Crippen MR) is 56.5 cm³/mol. The zero-order valence-electron chi connectivity index (χ0n) is 7.83. The molecule has 1 saturated heterocycles. The Kier molecular flexibility index (Phi) is 2.59. The second-order valence-corrected chi connectivity index (χ2v) is 3.67. The van der Waals surface area contributed by atoms with Gasteiger partial charge < -0.3 is 16.4 Å². The van der Waals surface area contributed by atoms with E-state index in [0.717, 1.165) is 0 Å². The van der Waals surface area contributed by atoms with Gasteiger partial charge in [-0.05, 0) is 0 Å². The summed E-state index contributed by atoms with van der Waals surface area (Å²) in [4.78, 5) is 18.6. The quantitative estimate of drug-likeness (QED) is 0.619. The van der Waals surface area contributed by atoms with Gasteiger partial charge in [-0.2, -0.15) is 4.98 Å². The van der Waals surface area contributed by atoms with E-state index in [0.29, 0.717) is 18.8 Å². The molecule has 0 aliphatic carbocycles. The molecule has 1 atom stereocenters. The maximum Gasteiger partial charge on any atom is 0.223 e. The molecule has 6 nitrogen and oxygen atoms in total. The van der Waals surface area contributed by atoms with Crippen LogP contribution in [0.15, 0.2) is 6.07 Å². The highest BCUT2D eigenvalue weighted by Gasteiger charge is 2.21. The first-order chi connectivity index (χ1) is 7.13. The standard InChI is InChI=1S/C8H10ClN5O/c9-5-2-6(14-8(10)13-5)12-4-1-7(15)11-3-4/h2,4H,1,3H2,(H,11,15)(H3,10,12,13,14). The second-order valence-electron chi connectivity index (χ2n) is 3.28. The third-order valence-corrected chi connectivity index (χ3v) is 2.24. The van der Waals surface area contributed by atoms with Crippen molar-refractivity contribution in [1.82, 2.24) is 15.3 Å². The lowest BCUT2D eigenvalue weighted by Crippen LogP contribution is -2.23. The fourth-order valence-electron chi connectivity index (χ4n) is 1.43. The van der Waals surface area contributed by atoms with Gasteiger partial charge in [0.25, 0.3) is 0 Å². The number of carbonyl (C=O) groups excluding carboxylic acids is 1. The van der Waals surface area contributed by atoms with Gasteiger partial charge >= 0.3 is 0 Å². The Morgan fingerprint density at radius 2 is 2.40 bits per heavy atom. The minimum atomic E-state index is 0.0284. The van der Waals surface area contributed by atoms with Gasteiger partial charge in [-0.15, -0.1) is 0 Å². The summed E-state index contributed by atoms with van der Waals surface area (Å²) < 4.78 is 0. The largest absolute Gasteiger partial charge is 0.368 e. The van der Waals surface area contributed by atoms with Crippen molar-refractivity contribution < 1.29 is 4.79 Å². The number of nitrogen functional groups attached to an aromatic ring is 1. The first-order valence-corrected chi connectivity index (χ1v) is 4.84. The smallest absolute Gasteiger partial charge is 0.223 e. The van der Waals surface area contributed by atoms with E-state index in [2.05, 4.69) is 20.6 Å². The molecule has 80 valence electrons. The van der Waals surface area contributed by atoms with Crippen LogP contribution >= 0.6 is 11.6 Å². The fraction of sp³-hybridized carbons (Fsp3) is 0.375. The van der Waals surface area contributed by atoms with E-state index in [-0.39, 0.29) is 23.1 Å². The van der Waals surface area contributed by atoms with Crippen LogP contribution in [0.5, 0.6) is 0 Å². The molecule has 15 heavy (non-hydrogen) atoms. The van der Waals surface area contributed by atoms with Gasteiger partial charge in [-0.1, -0.05) is 11.6 Å². The third kappa shape index (κ3) is 2.47. The van der Waals surface area contributed by atoms with E-state index in [1.54, 1.807) is 6.07 Å². The molecular formula is C8H10ClN5O. The lowest BCUT2D eigenvalue weighted by molar-refractivity contribution is -0.119. The minimum Gasteiger partial charge on any atom is -0.368 e. The van der Waals surface area contributed by atoms with E-state index in [9.17, 15) is 4.79 Å². The zero-order valence-corrected chi connectivity index (χ0v) is 8.58. The summed E-state index contributed by atoms with van der Waals surface area (Å²) in [6.07, 6.45) is 0.432. The highest BCUT2D eigenvalue weighted by atomic mass is 35.5. The summed E-state index contributed by atoms with van der Waals surface area (Å²) in [7, 11) is 0. The van der Waals surface area contributed by atoms with Crippen molar-refractivity contribution >= 4 is 29.3 Å². The van der Waals surface area contributed by atoms with Crippen molar-refractivity contribution in [2.75, 3.05) is 17.6 Å². The van der Waals surface area contributed by atoms with Crippen molar-refractivity contribution in [1.29, 1.82) is 0 Å². The maximum atomic E-state index is 10.9. The van der Waals surface area contributed by atoms with Gasteiger partial charge in [-0.25, -0.2) is 4.98 Å². The van der Waals surface area contributed by atoms with Crippen molar-refractivity contribution in [2.24, 2.45) is 0 Å². The second kappa shape index (κ2) is 3.90. The lowest BCUT2D eigenvalue weighted by atomic mass is 10.2. The van der Waals surface area contributed by atoms with E-state index in [1.165, 1.54) is 0 Å². The van der Waals surface area contributed by atoms with Crippen LogP contribution in [0, 0.1) is 0 Å². The van der Waals surface area contributed by atoms with Crippen LogP contribution in [0.3, 0.4) is 0 Å². The number of rotatable bonds is 2. The highest BCUT2D eigenvalue weighted by molar-refractivity contribution is 6.29. The third-order valence-electron chi connectivity index (χ3n) is 2.04. The fourth-order valence-corrected chi connectivity index (χ4v) is 1.62.